The lowest BCUT2D eigenvalue weighted by atomic mass is 9.82. The van der Waals surface area contributed by atoms with Crippen LogP contribution in [0.5, 0.6) is 0 Å². The van der Waals surface area contributed by atoms with E-state index in [1.54, 1.807) is 12.4 Å². The Morgan fingerprint density at radius 1 is 0.619 bits per heavy atom. The summed E-state index contributed by atoms with van der Waals surface area (Å²) < 4.78 is 2.15. The van der Waals surface area contributed by atoms with Crippen molar-refractivity contribution in [1.29, 1.82) is 0 Å². The molecule has 3 aromatic heterocycles. The Bertz CT molecular complexity index is 2380. The second kappa shape index (κ2) is 8.30. The van der Waals surface area contributed by atoms with Crippen LogP contribution in [-0.4, -0.2) is 24.5 Å². The Kier molecular flexibility index (Phi) is 4.61. The summed E-state index contributed by atoms with van der Waals surface area (Å²) in [6, 6.07) is 36.3. The fraction of sp³-hybridized carbons (Fsp3) is 0.0811. The van der Waals surface area contributed by atoms with Gasteiger partial charge in [0.2, 0.25) is 5.95 Å². The van der Waals surface area contributed by atoms with Crippen LogP contribution in [0.15, 0.2) is 116 Å². The molecule has 1 aliphatic carbocycles. The van der Waals surface area contributed by atoms with Gasteiger partial charge in [-0.3, -0.25) is 9.55 Å². The third kappa shape index (κ3) is 3.08. The minimum Gasteiger partial charge on any atom is -0.260 e. The summed E-state index contributed by atoms with van der Waals surface area (Å²) in [5.74, 6) is 0.598. The molecule has 0 amide bonds. The van der Waals surface area contributed by atoms with E-state index in [9.17, 15) is 0 Å². The zero-order valence-corrected chi connectivity index (χ0v) is 23.2. The Labute approximate surface area is 242 Å². The molecular formula is C37H25N5. The zero-order chi connectivity index (χ0) is 28.0. The maximum Gasteiger partial charge on any atom is 0.237 e. The highest BCUT2D eigenvalue weighted by Gasteiger charge is 2.42. The molecule has 5 aromatic carbocycles. The van der Waals surface area contributed by atoms with Crippen LogP contribution in [0.25, 0.3) is 72.1 Å². The summed E-state index contributed by atoms with van der Waals surface area (Å²) in [5, 5.41) is 5.70. The topological polar surface area (TPSA) is 56.5 Å². The van der Waals surface area contributed by atoms with Crippen molar-refractivity contribution in [2.75, 3.05) is 0 Å². The third-order valence-electron chi connectivity index (χ3n) is 8.85. The second-order valence-electron chi connectivity index (χ2n) is 11.6. The van der Waals surface area contributed by atoms with Crippen LogP contribution >= 0.6 is 0 Å². The highest BCUT2D eigenvalue weighted by Crippen LogP contribution is 2.53. The molecule has 0 bridgehead atoms. The van der Waals surface area contributed by atoms with Gasteiger partial charge in [-0.1, -0.05) is 98.8 Å². The maximum atomic E-state index is 5.33. The van der Waals surface area contributed by atoms with Gasteiger partial charge in [-0.05, 0) is 39.9 Å². The smallest absolute Gasteiger partial charge is 0.237 e. The van der Waals surface area contributed by atoms with Gasteiger partial charge in [0.25, 0.3) is 0 Å². The van der Waals surface area contributed by atoms with Crippen molar-refractivity contribution in [3.05, 3.63) is 127 Å². The number of aromatic nitrogens is 5. The Morgan fingerprint density at radius 2 is 1.33 bits per heavy atom. The van der Waals surface area contributed by atoms with E-state index in [0.29, 0.717) is 5.95 Å². The van der Waals surface area contributed by atoms with Gasteiger partial charge in [-0.15, -0.1) is 0 Å². The fourth-order valence-electron chi connectivity index (χ4n) is 6.90. The standard InChI is InChI=1S/C37H25N5/c1-37(2)29-21-25-14-7-6-13-24(25)20-28(29)34-30(37)33-35(39-19-18-38-33)42(34)36-40-31(23-11-4-3-5-12-23)27-17-16-22-10-8-9-15-26(22)32(27)41-36/h3-21H,1-2H3. The third-order valence-corrected chi connectivity index (χ3v) is 8.85. The Morgan fingerprint density at radius 3 is 2.17 bits per heavy atom. The lowest BCUT2D eigenvalue weighted by Gasteiger charge is -2.21. The number of nitrogens with zero attached hydrogens (tertiary/aromatic N) is 5. The first-order chi connectivity index (χ1) is 20.6. The Balaban J connectivity index is 1.46. The predicted molar refractivity (Wildman–Crippen MR) is 170 cm³/mol. The van der Waals surface area contributed by atoms with Gasteiger partial charge in [0.1, 0.15) is 5.52 Å². The van der Waals surface area contributed by atoms with Gasteiger partial charge in [0, 0.05) is 45.3 Å². The summed E-state index contributed by atoms with van der Waals surface area (Å²) in [6.45, 7) is 4.57. The minimum absolute atomic E-state index is 0.278. The molecule has 0 spiro atoms. The molecule has 0 saturated heterocycles. The average Bonchev–Trinajstić information content (AvgIpc) is 3.50. The van der Waals surface area contributed by atoms with E-state index < -0.39 is 0 Å². The molecule has 5 nitrogen and oxygen atoms in total. The molecule has 0 unspecified atom stereocenters. The molecular weight excluding hydrogens is 514 g/mol. The van der Waals surface area contributed by atoms with E-state index in [-0.39, 0.29) is 5.41 Å². The van der Waals surface area contributed by atoms with Crippen LogP contribution in [0, 0.1) is 0 Å². The molecule has 0 atom stereocenters. The monoisotopic (exact) mass is 539 g/mol. The highest BCUT2D eigenvalue weighted by atomic mass is 15.2. The average molecular weight is 540 g/mol. The van der Waals surface area contributed by atoms with Crippen molar-refractivity contribution >= 4 is 43.6 Å². The van der Waals surface area contributed by atoms with Gasteiger partial charge in [0.15, 0.2) is 5.65 Å². The van der Waals surface area contributed by atoms with E-state index in [0.717, 1.165) is 49.8 Å². The molecule has 5 heteroatoms. The van der Waals surface area contributed by atoms with Crippen LogP contribution in [0.4, 0.5) is 0 Å². The molecule has 0 saturated carbocycles. The largest absolute Gasteiger partial charge is 0.260 e. The molecule has 3 heterocycles. The summed E-state index contributed by atoms with van der Waals surface area (Å²) in [5.41, 5.74) is 8.95. The first-order valence-corrected chi connectivity index (χ1v) is 14.2. The van der Waals surface area contributed by atoms with Crippen molar-refractivity contribution in [2.24, 2.45) is 0 Å². The first-order valence-electron chi connectivity index (χ1n) is 14.2. The number of hydrogen-bond acceptors (Lipinski definition) is 4. The molecule has 0 aliphatic heterocycles. The van der Waals surface area contributed by atoms with E-state index >= 15 is 0 Å². The van der Waals surface area contributed by atoms with Crippen molar-refractivity contribution in [3.8, 4) is 28.5 Å². The molecule has 8 aromatic rings. The molecule has 1 aliphatic rings. The summed E-state index contributed by atoms with van der Waals surface area (Å²) in [7, 11) is 0. The molecule has 9 rings (SSSR count). The fourth-order valence-corrected chi connectivity index (χ4v) is 6.90. The normalized spacial score (nSPS) is 13.7. The Hall–Kier alpha value is -5.42. The summed E-state index contributed by atoms with van der Waals surface area (Å²) >= 11 is 0. The molecule has 42 heavy (non-hydrogen) atoms. The van der Waals surface area contributed by atoms with E-state index in [2.05, 4.69) is 115 Å². The van der Waals surface area contributed by atoms with E-state index in [1.165, 1.54) is 27.5 Å². The van der Waals surface area contributed by atoms with Crippen molar-refractivity contribution in [3.63, 3.8) is 0 Å². The zero-order valence-electron chi connectivity index (χ0n) is 23.2. The SMILES string of the molecule is CC1(C)c2cc3ccccc3cc2-c2c1c1nccnc1n2-c1nc(-c2ccccc2)c2ccc3ccccc3c2n1. The number of hydrogen-bond donors (Lipinski definition) is 0. The van der Waals surface area contributed by atoms with Gasteiger partial charge in [0.05, 0.1) is 16.9 Å². The summed E-state index contributed by atoms with van der Waals surface area (Å²) in [4.78, 5) is 20.4. The number of benzene rings is 5. The van der Waals surface area contributed by atoms with Crippen molar-refractivity contribution in [2.45, 2.75) is 19.3 Å². The first kappa shape index (κ1) is 23.3. The number of rotatable bonds is 2. The maximum absolute atomic E-state index is 5.33. The van der Waals surface area contributed by atoms with Gasteiger partial charge in [-0.2, -0.15) is 0 Å². The van der Waals surface area contributed by atoms with E-state index in [1.807, 2.05) is 6.07 Å². The van der Waals surface area contributed by atoms with E-state index in [4.69, 9.17) is 19.9 Å². The second-order valence-corrected chi connectivity index (χ2v) is 11.6. The quantitative estimate of drug-likeness (QED) is 0.206. The van der Waals surface area contributed by atoms with Crippen LogP contribution in [0.3, 0.4) is 0 Å². The lowest BCUT2D eigenvalue weighted by Crippen LogP contribution is -2.15. The molecule has 198 valence electrons. The van der Waals surface area contributed by atoms with Crippen LogP contribution < -0.4 is 0 Å². The van der Waals surface area contributed by atoms with Crippen LogP contribution in [0.1, 0.15) is 25.0 Å². The predicted octanol–water partition coefficient (Wildman–Crippen LogP) is 8.64. The van der Waals surface area contributed by atoms with Gasteiger partial charge < -0.3 is 0 Å². The van der Waals surface area contributed by atoms with Crippen molar-refractivity contribution < 1.29 is 0 Å². The van der Waals surface area contributed by atoms with Gasteiger partial charge >= 0.3 is 0 Å². The lowest BCUT2D eigenvalue weighted by molar-refractivity contribution is 0.665. The summed E-state index contributed by atoms with van der Waals surface area (Å²) in [6.07, 6.45) is 3.55. The molecule has 0 fully saturated rings. The van der Waals surface area contributed by atoms with Crippen LogP contribution in [-0.2, 0) is 5.41 Å². The van der Waals surface area contributed by atoms with Crippen LogP contribution in [0.2, 0.25) is 0 Å². The minimum atomic E-state index is -0.278. The number of fused-ring (bicyclic) bond motifs is 9. The molecule has 0 radical (unpaired) electrons. The highest BCUT2D eigenvalue weighted by molar-refractivity contribution is 6.09. The van der Waals surface area contributed by atoms with Crippen molar-refractivity contribution in [1.82, 2.24) is 24.5 Å². The van der Waals surface area contributed by atoms with Gasteiger partial charge in [-0.25, -0.2) is 15.0 Å². The molecule has 0 N–H and O–H groups in total.